The second-order valence-electron chi connectivity index (χ2n) is 3.04. The zero-order chi connectivity index (χ0) is 10.4. The normalized spacial score (nSPS) is 9.50. The summed E-state index contributed by atoms with van der Waals surface area (Å²) in [6, 6.07) is 8.02. The van der Waals surface area contributed by atoms with Crippen LogP contribution in [0.3, 0.4) is 0 Å². The molecule has 0 bridgehead atoms. The van der Waals surface area contributed by atoms with E-state index < -0.39 is 0 Å². The summed E-state index contributed by atoms with van der Waals surface area (Å²) in [5.41, 5.74) is 2.26. The van der Waals surface area contributed by atoms with Crippen molar-refractivity contribution in [2.24, 2.45) is 0 Å². The topological polar surface area (TPSA) is 26.3 Å². The molecule has 0 spiro atoms. The average Bonchev–Trinajstić information content (AvgIpc) is 2.18. The number of ether oxygens (including phenoxy) is 1. The zero-order valence-corrected chi connectivity index (χ0v) is 8.32. The number of hydrogen-bond acceptors (Lipinski definition) is 2. The summed E-state index contributed by atoms with van der Waals surface area (Å²) in [7, 11) is 0. The Labute approximate surface area is 84.2 Å². The van der Waals surface area contributed by atoms with E-state index in [2.05, 4.69) is 6.58 Å². The van der Waals surface area contributed by atoms with Gasteiger partial charge in [0.25, 0.3) is 0 Å². The summed E-state index contributed by atoms with van der Waals surface area (Å²) in [6.07, 6.45) is 2.56. The lowest BCUT2D eigenvalue weighted by atomic mass is 10.1. The van der Waals surface area contributed by atoms with Crippen LogP contribution in [0, 0.1) is 0 Å². The van der Waals surface area contributed by atoms with Gasteiger partial charge in [-0.15, -0.1) is 0 Å². The van der Waals surface area contributed by atoms with Crippen molar-refractivity contribution in [2.75, 3.05) is 6.61 Å². The van der Waals surface area contributed by atoms with Gasteiger partial charge in [0, 0.05) is 13.3 Å². The minimum Gasteiger partial charge on any atom is -0.466 e. The third kappa shape index (κ3) is 3.44. The quantitative estimate of drug-likeness (QED) is 0.681. The summed E-state index contributed by atoms with van der Waals surface area (Å²) >= 11 is 0. The molecule has 0 aromatic heterocycles. The molecule has 2 nitrogen and oxygen atoms in total. The average molecular weight is 190 g/mol. The van der Waals surface area contributed by atoms with Gasteiger partial charge in [0.15, 0.2) is 0 Å². The molecule has 0 N–H and O–H groups in total. The molecule has 74 valence electrons. The minimum atomic E-state index is -0.229. The summed E-state index contributed by atoms with van der Waals surface area (Å²) in [4.78, 5) is 10.5. The molecule has 1 rings (SSSR count). The highest BCUT2D eigenvalue weighted by molar-refractivity contribution is 5.65. The Hall–Kier alpha value is -1.57. The first-order valence-electron chi connectivity index (χ1n) is 4.57. The lowest BCUT2D eigenvalue weighted by molar-refractivity contribution is -0.140. The molecule has 0 saturated heterocycles. The van der Waals surface area contributed by atoms with E-state index in [0.717, 1.165) is 17.5 Å². The summed E-state index contributed by atoms with van der Waals surface area (Å²) < 4.78 is 4.84. The Bertz CT molecular complexity index is 312. The molecule has 0 fully saturated rings. The molecule has 0 aliphatic carbocycles. The second-order valence-corrected chi connectivity index (χ2v) is 3.04. The number of esters is 1. The van der Waals surface area contributed by atoms with Crippen LogP contribution < -0.4 is 0 Å². The van der Waals surface area contributed by atoms with Crippen molar-refractivity contribution in [3.05, 3.63) is 42.0 Å². The van der Waals surface area contributed by atoms with Gasteiger partial charge in [0.05, 0.1) is 6.61 Å². The first kappa shape index (κ1) is 10.5. The van der Waals surface area contributed by atoms with Gasteiger partial charge in [-0.25, -0.2) is 0 Å². The Morgan fingerprint density at radius 2 is 2.07 bits per heavy atom. The largest absolute Gasteiger partial charge is 0.466 e. The Morgan fingerprint density at radius 3 is 2.57 bits per heavy atom. The monoisotopic (exact) mass is 190 g/mol. The highest BCUT2D eigenvalue weighted by atomic mass is 16.5. The van der Waals surface area contributed by atoms with E-state index in [1.165, 1.54) is 6.92 Å². The van der Waals surface area contributed by atoms with Crippen LogP contribution >= 0.6 is 0 Å². The van der Waals surface area contributed by atoms with E-state index >= 15 is 0 Å². The zero-order valence-electron chi connectivity index (χ0n) is 8.32. The minimum absolute atomic E-state index is 0.229. The van der Waals surface area contributed by atoms with Crippen molar-refractivity contribution >= 4 is 12.0 Å². The van der Waals surface area contributed by atoms with Gasteiger partial charge >= 0.3 is 5.97 Å². The number of benzene rings is 1. The van der Waals surface area contributed by atoms with Gasteiger partial charge in [0.1, 0.15) is 0 Å². The molecule has 2 heteroatoms. The fraction of sp³-hybridized carbons (Fsp3) is 0.250. The molecule has 1 aromatic rings. The van der Waals surface area contributed by atoms with Crippen LogP contribution in [0.5, 0.6) is 0 Å². The summed E-state index contributed by atoms with van der Waals surface area (Å²) in [6.45, 7) is 5.54. The van der Waals surface area contributed by atoms with Crippen LogP contribution in [0.1, 0.15) is 18.1 Å². The van der Waals surface area contributed by atoms with E-state index in [4.69, 9.17) is 4.74 Å². The first-order valence-corrected chi connectivity index (χ1v) is 4.57. The third-order valence-corrected chi connectivity index (χ3v) is 1.91. The van der Waals surface area contributed by atoms with E-state index in [-0.39, 0.29) is 5.97 Å². The van der Waals surface area contributed by atoms with E-state index in [1.807, 2.05) is 24.3 Å². The van der Waals surface area contributed by atoms with Crippen molar-refractivity contribution in [3.8, 4) is 0 Å². The predicted octanol–water partition coefficient (Wildman–Crippen LogP) is 2.44. The van der Waals surface area contributed by atoms with Gasteiger partial charge in [0.2, 0.25) is 0 Å². The molecule has 0 amide bonds. The number of hydrogen-bond donors (Lipinski definition) is 0. The number of rotatable bonds is 4. The maximum absolute atomic E-state index is 10.5. The lowest BCUT2D eigenvalue weighted by Crippen LogP contribution is -2.03. The standard InChI is InChI=1S/C12H14O2/c1-3-11-4-6-12(7-5-11)8-9-14-10(2)13/h3-7H,1,8-9H2,2H3. The highest BCUT2D eigenvalue weighted by Crippen LogP contribution is 2.06. The fourth-order valence-electron chi connectivity index (χ4n) is 1.13. The Morgan fingerprint density at radius 1 is 1.43 bits per heavy atom. The molecule has 14 heavy (non-hydrogen) atoms. The highest BCUT2D eigenvalue weighted by Gasteiger charge is 1.95. The molecule has 0 radical (unpaired) electrons. The van der Waals surface area contributed by atoms with Crippen molar-refractivity contribution in [3.63, 3.8) is 0 Å². The molecule has 0 aliphatic rings. The summed E-state index contributed by atoms with van der Waals surface area (Å²) in [5, 5.41) is 0. The van der Waals surface area contributed by atoms with Crippen LogP contribution in [0.2, 0.25) is 0 Å². The number of carbonyl (C=O) groups excluding carboxylic acids is 1. The fourth-order valence-corrected chi connectivity index (χ4v) is 1.13. The summed E-state index contributed by atoms with van der Waals surface area (Å²) in [5.74, 6) is -0.229. The van der Waals surface area contributed by atoms with Crippen molar-refractivity contribution in [2.45, 2.75) is 13.3 Å². The molecule has 1 aromatic carbocycles. The van der Waals surface area contributed by atoms with Crippen molar-refractivity contribution < 1.29 is 9.53 Å². The van der Waals surface area contributed by atoms with Crippen LogP contribution in [0.4, 0.5) is 0 Å². The Balaban J connectivity index is 2.43. The smallest absolute Gasteiger partial charge is 0.302 e. The molecular formula is C12H14O2. The molecule has 0 saturated carbocycles. The van der Waals surface area contributed by atoms with Crippen LogP contribution in [-0.2, 0) is 16.0 Å². The Kier molecular flexibility index (Phi) is 3.92. The second kappa shape index (κ2) is 5.22. The van der Waals surface area contributed by atoms with Crippen LogP contribution in [0.25, 0.3) is 6.08 Å². The van der Waals surface area contributed by atoms with Crippen LogP contribution in [0.15, 0.2) is 30.8 Å². The predicted molar refractivity (Wildman–Crippen MR) is 56.9 cm³/mol. The van der Waals surface area contributed by atoms with Gasteiger partial charge in [-0.05, 0) is 11.1 Å². The van der Waals surface area contributed by atoms with Gasteiger partial charge in [-0.3, -0.25) is 4.79 Å². The molecular weight excluding hydrogens is 176 g/mol. The van der Waals surface area contributed by atoms with Crippen molar-refractivity contribution in [1.29, 1.82) is 0 Å². The van der Waals surface area contributed by atoms with E-state index in [9.17, 15) is 4.79 Å². The number of carbonyl (C=O) groups is 1. The first-order chi connectivity index (χ1) is 6.72. The van der Waals surface area contributed by atoms with Gasteiger partial charge < -0.3 is 4.74 Å². The van der Waals surface area contributed by atoms with Crippen LogP contribution in [-0.4, -0.2) is 12.6 Å². The SMILES string of the molecule is C=Cc1ccc(CCOC(C)=O)cc1. The van der Waals surface area contributed by atoms with E-state index in [1.54, 1.807) is 6.08 Å². The van der Waals surface area contributed by atoms with Crippen molar-refractivity contribution in [1.82, 2.24) is 0 Å². The van der Waals surface area contributed by atoms with Gasteiger partial charge in [-0.2, -0.15) is 0 Å². The maximum Gasteiger partial charge on any atom is 0.302 e. The van der Waals surface area contributed by atoms with E-state index in [0.29, 0.717) is 6.61 Å². The molecule has 0 aliphatic heterocycles. The van der Waals surface area contributed by atoms with Gasteiger partial charge in [-0.1, -0.05) is 36.9 Å². The lowest BCUT2D eigenvalue weighted by Gasteiger charge is -2.02. The molecule has 0 atom stereocenters. The third-order valence-electron chi connectivity index (χ3n) is 1.91. The maximum atomic E-state index is 10.5. The molecule has 0 unspecified atom stereocenters. The molecule has 0 heterocycles.